The van der Waals surface area contributed by atoms with Crippen molar-refractivity contribution >= 4 is 42.4 Å². The topological polar surface area (TPSA) is 125 Å². The number of hydrogen-bond acceptors (Lipinski definition) is 5. The number of carbonyl (C=O) groups excluding carboxylic acids is 2. The highest BCUT2D eigenvalue weighted by Crippen LogP contribution is 2.59. The molecule has 0 spiro atoms. The van der Waals surface area contributed by atoms with Gasteiger partial charge in [0.25, 0.3) is 5.91 Å². The summed E-state index contributed by atoms with van der Waals surface area (Å²) in [5.74, 6) is -3.83. The molecule has 5 atom stereocenters. The van der Waals surface area contributed by atoms with E-state index in [9.17, 15) is 22.8 Å². The maximum absolute atomic E-state index is 14.3. The number of halogens is 5. The maximum atomic E-state index is 14.3. The first kappa shape index (κ1) is 30.6. The first-order chi connectivity index (χ1) is 15.9. The lowest BCUT2D eigenvalue weighted by Crippen LogP contribution is -2.72. The monoisotopic (exact) mass is 554 g/mol. The average Bonchev–Trinajstić information content (AvgIpc) is 3.52. The maximum Gasteiger partial charge on any atom is 0.394 e. The zero-order chi connectivity index (χ0) is 24.9. The highest BCUT2D eigenvalue weighted by Gasteiger charge is 2.77. The van der Waals surface area contributed by atoms with E-state index in [1.165, 1.54) is 0 Å². The number of amides is 2. The molecule has 3 aliphatic rings. The summed E-state index contributed by atoms with van der Waals surface area (Å²) in [6, 6.07) is 1.55. The van der Waals surface area contributed by atoms with Gasteiger partial charge in [-0.2, -0.15) is 13.2 Å². The van der Waals surface area contributed by atoms with Crippen LogP contribution in [0.4, 0.5) is 19.0 Å². The minimum Gasteiger partial charge on any atom is -0.384 e. The van der Waals surface area contributed by atoms with E-state index in [2.05, 4.69) is 4.98 Å². The summed E-state index contributed by atoms with van der Waals surface area (Å²) in [7, 11) is 0. The summed E-state index contributed by atoms with van der Waals surface area (Å²) >= 11 is 0. The van der Waals surface area contributed by atoms with Gasteiger partial charge in [0.2, 0.25) is 0 Å². The lowest BCUT2D eigenvalue weighted by Gasteiger charge is -2.47. The molecule has 2 amide bonds. The van der Waals surface area contributed by atoms with Crippen molar-refractivity contribution in [1.82, 2.24) is 4.98 Å². The Morgan fingerprint density at radius 1 is 1.14 bits per heavy atom. The number of quaternary nitrogens is 1. The number of anilines is 1. The third kappa shape index (κ3) is 5.06. The number of nitrogens with two attached hydrogens (primary N) is 3. The predicted octanol–water partition coefficient (Wildman–Crippen LogP) is 3.78. The fraction of sp³-hybridized carbons (Fsp3) is 0.708. The summed E-state index contributed by atoms with van der Waals surface area (Å²) in [6.45, 7) is 1.99. The number of fused-ring (bicyclic) bond motifs is 1. The van der Waals surface area contributed by atoms with Gasteiger partial charge in [0.15, 0.2) is 5.54 Å². The van der Waals surface area contributed by atoms with E-state index in [1.54, 1.807) is 19.1 Å². The minimum absolute atomic E-state index is 0. The lowest BCUT2D eigenvalue weighted by atomic mass is 9.75. The van der Waals surface area contributed by atoms with Gasteiger partial charge in [-0.05, 0) is 50.7 Å². The second-order valence-corrected chi connectivity index (χ2v) is 10.5. The average molecular weight is 555 g/mol. The molecule has 204 valence electrons. The Bertz CT molecular complexity index is 976. The standard InChI is InChI=1S/C24H34F3N5O2.2ClH/c1-14-16(9-10-18(28)31-14)13-32(11-5-8-17-12-23(17,32)22(30)34)21(33)20(29)19(24(25,26)27)15-6-3-2-4-7-15;;/h9-10,15,17,19-20H,2-8,11-13,29H2,1H3,(H3-,28,30,31,34);2*1H/p+1/t17-,19+,20-,23+,32?;;/m1../s1. The summed E-state index contributed by atoms with van der Waals surface area (Å²) in [5.41, 5.74) is 17.9. The molecule has 2 aliphatic carbocycles. The first-order valence-electron chi connectivity index (χ1n) is 12.2. The zero-order valence-corrected chi connectivity index (χ0v) is 22.1. The van der Waals surface area contributed by atoms with E-state index < -0.39 is 45.9 Å². The fourth-order valence-corrected chi connectivity index (χ4v) is 6.87. The van der Waals surface area contributed by atoms with Gasteiger partial charge in [0.05, 0.1) is 12.5 Å². The van der Waals surface area contributed by atoms with Crippen LogP contribution in [0.5, 0.6) is 0 Å². The Hall–Kier alpha value is -1.62. The Kier molecular flexibility index (Phi) is 9.36. The molecule has 1 saturated heterocycles. The fourth-order valence-electron chi connectivity index (χ4n) is 6.87. The number of pyridine rings is 1. The molecule has 2 saturated carbocycles. The number of rotatable bonds is 6. The predicted molar refractivity (Wildman–Crippen MR) is 135 cm³/mol. The van der Waals surface area contributed by atoms with Gasteiger partial charge in [-0.3, -0.25) is 4.79 Å². The second kappa shape index (κ2) is 11.0. The third-order valence-electron chi connectivity index (χ3n) is 8.64. The third-order valence-corrected chi connectivity index (χ3v) is 8.64. The van der Waals surface area contributed by atoms with Crippen LogP contribution in [0.2, 0.25) is 0 Å². The van der Waals surface area contributed by atoms with Crippen LogP contribution < -0.4 is 17.2 Å². The van der Waals surface area contributed by atoms with E-state index in [0.29, 0.717) is 55.6 Å². The minimum atomic E-state index is -4.61. The number of alkyl halides is 3. The zero-order valence-electron chi connectivity index (χ0n) is 20.4. The molecule has 0 radical (unpaired) electrons. The van der Waals surface area contributed by atoms with E-state index >= 15 is 0 Å². The van der Waals surface area contributed by atoms with Crippen LogP contribution in [-0.2, 0) is 16.1 Å². The Morgan fingerprint density at radius 2 is 1.78 bits per heavy atom. The molecule has 4 rings (SSSR count). The van der Waals surface area contributed by atoms with Gasteiger partial charge in [-0.25, -0.2) is 14.3 Å². The molecular weight excluding hydrogens is 518 g/mol. The molecule has 1 aromatic heterocycles. The largest absolute Gasteiger partial charge is 0.394 e. The summed E-state index contributed by atoms with van der Waals surface area (Å²) in [4.78, 5) is 31.2. The van der Waals surface area contributed by atoms with Gasteiger partial charge in [-0.15, -0.1) is 24.8 Å². The molecular formula is C24H37Cl2F3N5O2+. The molecule has 6 N–H and O–H groups in total. The molecule has 0 aromatic carbocycles. The van der Waals surface area contributed by atoms with E-state index in [-0.39, 0.29) is 43.8 Å². The van der Waals surface area contributed by atoms with Crippen LogP contribution in [0.25, 0.3) is 0 Å². The van der Waals surface area contributed by atoms with Crippen LogP contribution in [0.1, 0.15) is 62.6 Å². The second-order valence-electron chi connectivity index (χ2n) is 10.5. The van der Waals surface area contributed by atoms with E-state index in [1.807, 2.05) is 0 Å². The van der Waals surface area contributed by atoms with Crippen LogP contribution in [0.3, 0.4) is 0 Å². The molecule has 1 aliphatic heterocycles. The SMILES string of the molecule is Cc1nc(N)ccc1C[N+]1(C(=O)[C@H](N)[C@H](C2CCCCC2)C(F)(F)F)CCC[C@@H]2C[C@@]21C(N)=O.Cl.Cl. The molecule has 2 heterocycles. The van der Waals surface area contributed by atoms with Crippen LogP contribution in [0, 0.1) is 24.7 Å². The van der Waals surface area contributed by atoms with Gasteiger partial charge in [0.1, 0.15) is 18.4 Å². The molecule has 1 aromatic rings. The summed E-state index contributed by atoms with van der Waals surface area (Å²) < 4.78 is 42.6. The van der Waals surface area contributed by atoms with Crippen molar-refractivity contribution in [3.63, 3.8) is 0 Å². The highest BCUT2D eigenvalue weighted by atomic mass is 35.5. The van der Waals surface area contributed by atoms with Crippen molar-refractivity contribution in [2.24, 2.45) is 29.2 Å². The van der Waals surface area contributed by atoms with Crippen molar-refractivity contribution < 1.29 is 27.2 Å². The molecule has 3 fully saturated rings. The van der Waals surface area contributed by atoms with Crippen LogP contribution >= 0.6 is 24.8 Å². The lowest BCUT2D eigenvalue weighted by molar-refractivity contribution is -0.900. The van der Waals surface area contributed by atoms with Gasteiger partial charge in [0, 0.05) is 23.6 Å². The quantitative estimate of drug-likeness (QED) is 0.461. The summed E-state index contributed by atoms with van der Waals surface area (Å²) in [5, 5.41) is 0. The van der Waals surface area contributed by atoms with Crippen molar-refractivity contribution in [3.05, 3.63) is 23.4 Å². The number of nitrogen functional groups attached to an aromatic ring is 1. The Morgan fingerprint density at radius 3 is 2.33 bits per heavy atom. The van der Waals surface area contributed by atoms with E-state index in [0.717, 1.165) is 12.8 Å². The number of likely N-dealkylation sites (tertiary alicyclic amines) is 1. The van der Waals surface area contributed by atoms with Crippen molar-refractivity contribution in [2.75, 3.05) is 12.3 Å². The Balaban J connectivity index is 0.00000228. The number of carbonyl (C=O) groups is 2. The van der Waals surface area contributed by atoms with Gasteiger partial charge in [-0.1, -0.05) is 19.3 Å². The first-order valence-corrected chi connectivity index (χ1v) is 12.2. The van der Waals surface area contributed by atoms with Crippen molar-refractivity contribution in [2.45, 2.75) is 82.6 Å². The van der Waals surface area contributed by atoms with Crippen molar-refractivity contribution in [3.8, 4) is 0 Å². The smallest absolute Gasteiger partial charge is 0.384 e. The van der Waals surface area contributed by atoms with Gasteiger partial charge < -0.3 is 17.2 Å². The highest BCUT2D eigenvalue weighted by molar-refractivity contribution is 5.91. The molecule has 12 heteroatoms. The Labute approximate surface area is 222 Å². The molecule has 0 bridgehead atoms. The summed E-state index contributed by atoms with van der Waals surface area (Å²) in [6.07, 6.45) is 0.186. The normalized spacial score (nSPS) is 29.6. The number of aromatic nitrogens is 1. The number of piperidine rings is 1. The van der Waals surface area contributed by atoms with E-state index in [4.69, 9.17) is 17.2 Å². The van der Waals surface area contributed by atoms with Crippen LogP contribution in [-0.4, -0.2) is 45.6 Å². The molecule has 1 unspecified atom stereocenters. The van der Waals surface area contributed by atoms with Gasteiger partial charge >= 0.3 is 12.1 Å². The van der Waals surface area contributed by atoms with Crippen LogP contribution in [0.15, 0.2) is 12.1 Å². The van der Waals surface area contributed by atoms with Crippen molar-refractivity contribution in [1.29, 1.82) is 0 Å². The number of aryl methyl sites for hydroxylation is 1. The number of primary amides is 1. The molecule has 36 heavy (non-hydrogen) atoms. The molecule has 7 nitrogen and oxygen atoms in total. The number of hydrogen-bond donors (Lipinski definition) is 3. The number of nitrogens with zero attached hydrogens (tertiary/aromatic N) is 2.